The van der Waals surface area contributed by atoms with E-state index in [-0.39, 0.29) is 0 Å². The zero-order valence-corrected chi connectivity index (χ0v) is 10.2. The molecular weight excluding hydrogens is 224 g/mol. The maximum absolute atomic E-state index is 4.46. The van der Waals surface area contributed by atoms with Gasteiger partial charge in [-0.05, 0) is 25.0 Å². The van der Waals surface area contributed by atoms with E-state index in [1.807, 2.05) is 36.5 Å². The van der Waals surface area contributed by atoms with Crippen LogP contribution in [-0.2, 0) is 6.54 Å². The van der Waals surface area contributed by atoms with Crippen molar-refractivity contribution in [2.24, 2.45) is 0 Å². The normalized spacial score (nSPS) is 15.3. The molecule has 1 aromatic carbocycles. The molecule has 0 aliphatic heterocycles. The van der Waals surface area contributed by atoms with Crippen LogP contribution in [0.3, 0.4) is 0 Å². The minimum atomic E-state index is 0.562. The fourth-order valence-electron chi connectivity index (χ4n) is 2.09. The van der Waals surface area contributed by atoms with Gasteiger partial charge in [0.1, 0.15) is 0 Å². The average Bonchev–Trinajstić information content (AvgIpc) is 3.09. The van der Waals surface area contributed by atoms with Gasteiger partial charge >= 0.3 is 0 Å². The molecule has 1 aromatic heterocycles. The molecule has 1 N–H and O–H groups in total. The molecule has 1 aliphatic rings. The standard InChI is InChI=1S/C14H16N4/c1-2-8-14(9-3-1)18-16-11-13(17-18)10-15-12-6-4-5-7-12/h1-5,8-9,11-12,15H,6-7,10H2. The Morgan fingerprint density at radius 3 is 2.72 bits per heavy atom. The van der Waals surface area contributed by atoms with Gasteiger partial charge in [-0.15, -0.1) is 0 Å². The molecule has 0 unspecified atom stereocenters. The molecule has 1 aliphatic carbocycles. The Morgan fingerprint density at radius 2 is 1.94 bits per heavy atom. The van der Waals surface area contributed by atoms with Gasteiger partial charge in [-0.2, -0.15) is 15.0 Å². The van der Waals surface area contributed by atoms with Crippen LogP contribution in [0.4, 0.5) is 0 Å². The highest BCUT2D eigenvalue weighted by molar-refractivity contribution is 5.28. The molecule has 0 saturated heterocycles. The summed E-state index contributed by atoms with van der Waals surface area (Å²) in [5, 5.41) is 12.2. The summed E-state index contributed by atoms with van der Waals surface area (Å²) in [6.07, 6.45) is 8.50. The van der Waals surface area contributed by atoms with E-state index in [2.05, 4.69) is 27.7 Å². The van der Waals surface area contributed by atoms with Crippen molar-refractivity contribution >= 4 is 0 Å². The molecule has 4 heteroatoms. The summed E-state index contributed by atoms with van der Waals surface area (Å²) in [5.74, 6) is 0. The van der Waals surface area contributed by atoms with E-state index in [4.69, 9.17) is 0 Å². The first-order valence-corrected chi connectivity index (χ1v) is 6.27. The van der Waals surface area contributed by atoms with E-state index in [9.17, 15) is 0 Å². The van der Waals surface area contributed by atoms with E-state index in [1.54, 1.807) is 4.80 Å². The van der Waals surface area contributed by atoms with Crippen LogP contribution < -0.4 is 5.32 Å². The van der Waals surface area contributed by atoms with Crippen molar-refractivity contribution in [2.45, 2.75) is 25.4 Å². The van der Waals surface area contributed by atoms with E-state index in [0.717, 1.165) is 30.8 Å². The highest BCUT2D eigenvalue weighted by Crippen LogP contribution is 2.10. The Bertz CT molecular complexity index is 522. The monoisotopic (exact) mass is 240 g/mol. The first kappa shape index (κ1) is 11.2. The minimum Gasteiger partial charge on any atom is -0.308 e. The lowest BCUT2D eigenvalue weighted by Gasteiger charge is -2.09. The summed E-state index contributed by atoms with van der Waals surface area (Å²) in [6.45, 7) is 0.777. The average molecular weight is 240 g/mol. The largest absolute Gasteiger partial charge is 0.308 e. The van der Waals surface area contributed by atoms with Crippen LogP contribution in [-0.4, -0.2) is 21.0 Å². The number of para-hydroxylation sites is 1. The zero-order chi connectivity index (χ0) is 12.2. The van der Waals surface area contributed by atoms with Crippen LogP contribution in [0.5, 0.6) is 0 Å². The molecule has 0 amide bonds. The molecule has 4 nitrogen and oxygen atoms in total. The van der Waals surface area contributed by atoms with Gasteiger partial charge in [0.2, 0.25) is 0 Å². The predicted molar refractivity (Wildman–Crippen MR) is 70.4 cm³/mol. The van der Waals surface area contributed by atoms with E-state index >= 15 is 0 Å². The second-order valence-corrected chi connectivity index (χ2v) is 4.48. The maximum Gasteiger partial charge on any atom is 0.0969 e. The van der Waals surface area contributed by atoms with Crippen molar-refractivity contribution in [3.63, 3.8) is 0 Å². The van der Waals surface area contributed by atoms with Gasteiger partial charge in [0.25, 0.3) is 0 Å². The van der Waals surface area contributed by atoms with Gasteiger partial charge in [0.15, 0.2) is 0 Å². The fraction of sp³-hybridized carbons (Fsp3) is 0.286. The lowest BCUT2D eigenvalue weighted by molar-refractivity contribution is 0.531. The van der Waals surface area contributed by atoms with Crippen LogP contribution in [0.1, 0.15) is 18.5 Å². The molecule has 2 aromatic rings. The van der Waals surface area contributed by atoms with E-state index < -0.39 is 0 Å². The van der Waals surface area contributed by atoms with E-state index in [1.165, 1.54) is 0 Å². The van der Waals surface area contributed by atoms with Gasteiger partial charge in [0.05, 0.1) is 17.6 Å². The third-order valence-electron chi connectivity index (χ3n) is 3.11. The molecule has 0 saturated carbocycles. The molecule has 92 valence electrons. The third kappa shape index (κ3) is 2.49. The Hall–Kier alpha value is -1.94. The molecule has 1 heterocycles. The lowest BCUT2D eigenvalue weighted by Crippen LogP contribution is -2.25. The Kier molecular flexibility index (Phi) is 3.19. The molecule has 0 bridgehead atoms. The van der Waals surface area contributed by atoms with Crippen LogP contribution in [0.2, 0.25) is 0 Å². The summed E-state index contributed by atoms with van der Waals surface area (Å²) >= 11 is 0. The number of hydrogen-bond donors (Lipinski definition) is 1. The summed E-state index contributed by atoms with van der Waals surface area (Å²) < 4.78 is 0. The van der Waals surface area contributed by atoms with Gasteiger partial charge < -0.3 is 5.32 Å². The predicted octanol–water partition coefficient (Wildman–Crippen LogP) is 2.08. The Labute approximate surface area is 106 Å². The topological polar surface area (TPSA) is 42.7 Å². The Morgan fingerprint density at radius 1 is 1.17 bits per heavy atom. The highest BCUT2D eigenvalue weighted by Gasteiger charge is 2.10. The quantitative estimate of drug-likeness (QED) is 0.832. The second kappa shape index (κ2) is 5.14. The number of aromatic nitrogens is 3. The molecule has 18 heavy (non-hydrogen) atoms. The summed E-state index contributed by atoms with van der Waals surface area (Å²) in [7, 11) is 0. The molecule has 0 radical (unpaired) electrons. The van der Waals surface area contributed by atoms with Crippen molar-refractivity contribution in [3.8, 4) is 5.69 Å². The lowest BCUT2D eigenvalue weighted by atomic mass is 10.2. The summed E-state index contributed by atoms with van der Waals surface area (Å²) in [6, 6.07) is 10.5. The van der Waals surface area contributed by atoms with Crippen molar-refractivity contribution < 1.29 is 0 Å². The fourth-order valence-corrected chi connectivity index (χ4v) is 2.09. The van der Waals surface area contributed by atoms with Crippen molar-refractivity contribution in [2.75, 3.05) is 0 Å². The van der Waals surface area contributed by atoms with Gasteiger partial charge in [-0.3, -0.25) is 0 Å². The van der Waals surface area contributed by atoms with Crippen molar-refractivity contribution in [3.05, 3.63) is 54.4 Å². The smallest absolute Gasteiger partial charge is 0.0969 e. The van der Waals surface area contributed by atoms with Crippen LogP contribution in [0, 0.1) is 0 Å². The van der Waals surface area contributed by atoms with E-state index in [0.29, 0.717) is 6.04 Å². The molecule has 0 atom stereocenters. The molecule has 0 spiro atoms. The molecule has 3 rings (SSSR count). The van der Waals surface area contributed by atoms with Crippen molar-refractivity contribution in [1.82, 2.24) is 20.3 Å². The first-order chi connectivity index (χ1) is 8.92. The Balaban J connectivity index is 1.63. The zero-order valence-electron chi connectivity index (χ0n) is 10.2. The number of benzene rings is 1. The second-order valence-electron chi connectivity index (χ2n) is 4.48. The van der Waals surface area contributed by atoms with Crippen molar-refractivity contribution in [1.29, 1.82) is 0 Å². The van der Waals surface area contributed by atoms with Crippen LogP contribution >= 0.6 is 0 Å². The van der Waals surface area contributed by atoms with Crippen LogP contribution in [0.25, 0.3) is 5.69 Å². The van der Waals surface area contributed by atoms with Gasteiger partial charge in [0, 0.05) is 12.6 Å². The molecule has 0 fully saturated rings. The minimum absolute atomic E-state index is 0.562. The van der Waals surface area contributed by atoms with Gasteiger partial charge in [-0.1, -0.05) is 30.4 Å². The SMILES string of the molecule is C1=CCC(NCc2cnn(-c3ccccc3)n2)C1. The summed E-state index contributed by atoms with van der Waals surface area (Å²) in [4.78, 5) is 1.67. The van der Waals surface area contributed by atoms with Crippen LogP contribution in [0.15, 0.2) is 48.7 Å². The first-order valence-electron chi connectivity index (χ1n) is 6.27. The third-order valence-corrected chi connectivity index (χ3v) is 3.11. The summed E-state index contributed by atoms with van der Waals surface area (Å²) in [5.41, 5.74) is 1.97. The maximum atomic E-state index is 4.46. The number of rotatable bonds is 4. The number of hydrogen-bond acceptors (Lipinski definition) is 3. The highest BCUT2D eigenvalue weighted by atomic mass is 15.5. The molecular formula is C14H16N4. The number of nitrogens with one attached hydrogen (secondary N) is 1. The van der Waals surface area contributed by atoms with Gasteiger partial charge in [-0.25, -0.2) is 0 Å². The number of nitrogens with zero attached hydrogens (tertiary/aromatic N) is 3.